The molecule has 0 aliphatic rings. The second-order valence-electron chi connectivity index (χ2n) is 4.41. The van der Waals surface area contributed by atoms with Crippen molar-refractivity contribution in [2.24, 2.45) is 0 Å². The van der Waals surface area contributed by atoms with Gasteiger partial charge in [0.25, 0.3) is 0 Å². The Morgan fingerprint density at radius 1 is 1.15 bits per heavy atom. The SMILES string of the molecule is COc1cc(-c2ncn3c2cnc2[nH]ccc23)ccn1. The number of hydrogen-bond donors (Lipinski definition) is 1. The lowest BCUT2D eigenvalue weighted by Gasteiger charge is -2.02. The fraction of sp³-hybridized carbons (Fsp3) is 0.0714. The molecule has 0 aliphatic heterocycles. The number of pyridine rings is 1. The van der Waals surface area contributed by atoms with Gasteiger partial charge in [-0.05, 0) is 12.1 Å². The fourth-order valence-corrected chi connectivity index (χ4v) is 2.34. The summed E-state index contributed by atoms with van der Waals surface area (Å²) in [5.41, 5.74) is 4.61. The van der Waals surface area contributed by atoms with Gasteiger partial charge in [0.1, 0.15) is 6.33 Å². The van der Waals surface area contributed by atoms with Crippen molar-refractivity contribution in [1.29, 1.82) is 0 Å². The number of rotatable bonds is 2. The molecule has 4 rings (SSSR count). The first-order valence-corrected chi connectivity index (χ1v) is 6.16. The number of H-pyrrole nitrogens is 1. The van der Waals surface area contributed by atoms with Crippen molar-refractivity contribution >= 4 is 16.7 Å². The predicted octanol–water partition coefficient (Wildman–Crippen LogP) is 2.28. The molecule has 4 heterocycles. The number of nitrogens with zero attached hydrogens (tertiary/aromatic N) is 4. The second kappa shape index (κ2) is 4.06. The molecule has 20 heavy (non-hydrogen) atoms. The van der Waals surface area contributed by atoms with E-state index in [1.54, 1.807) is 19.6 Å². The molecule has 0 radical (unpaired) electrons. The van der Waals surface area contributed by atoms with Crippen LogP contribution >= 0.6 is 0 Å². The Labute approximate surface area is 114 Å². The van der Waals surface area contributed by atoms with E-state index in [4.69, 9.17) is 4.74 Å². The molecule has 0 unspecified atom stereocenters. The first-order valence-electron chi connectivity index (χ1n) is 6.16. The molecule has 0 saturated carbocycles. The lowest BCUT2D eigenvalue weighted by atomic mass is 10.2. The number of imidazole rings is 1. The third-order valence-electron chi connectivity index (χ3n) is 3.30. The molecule has 0 fully saturated rings. The summed E-state index contributed by atoms with van der Waals surface area (Å²) in [6.07, 6.45) is 7.19. The van der Waals surface area contributed by atoms with Gasteiger partial charge < -0.3 is 9.72 Å². The van der Waals surface area contributed by atoms with E-state index < -0.39 is 0 Å². The Kier molecular flexibility index (Phi) is 2.23. The van der Waals surface area contributed by atoms with Crippen molar-refractivity contribution in [3.05, 3.63) is 43.1 Å². The van der Waals surface area contributed by atoms with E-state index in [1.165, 1.54) is 0 Å². The lowest BCUT2D eigenvalue weighted by molar-refractivity contribution is 0.398. The maximum absolute atomic E-state index is 5.16. The lowest BCUT2D eigenvalue weighted by Crippen LogP contribution is -1.89. The molecule has 4 aromatic rings. The van der Waals surface area contributed by atoms with Gasteiger partial charge in [0.05, 0.1) is 30.0 Å². The van der Waals surface area contributed by atoms with Crippen molar-refractivity contribution in [2.75, 3.05) is 7.11 Å². The molecule has 0 saturated heterocycles. The predicted molar refractivity (Wildman–Crippen MR) is 74.6 cm³/mol. The van der Waals surface area contributed by atoms with Gasteiger partial charge in [-0.1, -0.05) is 0 Å². The van der Waals surface area contributed by atoms with Crippen LogP contribution in [-0.2, 0) is 0 Å². The van der Waals surface area contributed by atoms with E-state index in [9.17, 15) is 0 Å². The molecule has 6 heteroatoms. The Morgan fingerprint density at radius 2 is 2.10 bits per heavy atom. The Morgan fingerprint density at radius 3 is 3.00 bits per heavy atom. The van der Waals surface area contributed by atoms with Crippen LogP contribution in [0, 0.1) is 0 Å². The zero-order chi connectivity index (χ0) is 13.5. The van der Waals surface area contributed by atoms with Gasteiger partial charge in [0.2, 0.25) is 5.88 Å². The average molecular weight is 265 g/mol. The highest BCUT2D eigenvalue weighted by atomic mass is 16.5. The van der Waals surface area contributed by atoms with E-state index in [0.717, 1.165) is 27.9 Å². The highest BCUT2D eigenvalue weighted by molar-refractivity contribution is 5.83. The Balaban J connectivity index is 1.99. The molecule has 0 atom stereocenters. The summed E-state index contributed by atoms with van der Waals surface area (Å²) in [6.45, 7) is 0. The number of hydrogen-bond acceptors (Lipinski definition) is 4. The van der Waals surface area contributed by atoms with Gasteiger partial charge in [0.15, 0.2) is 5.65 Å². The van der Waals surface area contributed by atoms with Crippen LogP contribution in [-0.4, -0.2) is 31.4 Å². The number of nitrogens with one attached hydrogen (secondary N) is 1. The summed E-state index contributed by atoms with van der Waals surface area (Å²) in [4.78, 5) is 16.1. The number of fused-ring (bicyclic) bond motifs is 3. The van der Waals surface area contributed by atoms with Gasteiger partial charge in [-0.2, -0.15) is 0 Å². The van der Waals surface area contributed by atoms with Gasteiger partial charge in [-0.25, -0.2) is 15.0 Å². The van der Waals surface area contributed by atoms with Crippen molar-refractivity contribution in [3.8, 4) is 17.1 Å². The Hall–Kier alpha value is -2.89. The minimum Gasteiger partial charge on any atom is -0.481 e. The number of ether oxygens (including phenoxy) is 1. The van der Waals surface area contributed by atoms with E-state index in [0.29, 0.717) is 5.88 Å². The van der Waals surface area contributed by atoms with Crippen LogP contribution in [0.2, 0.25) is 0 Å². The van der Waals surface area contributed by atoms with Gasteiger partial charge in [0, 0.05) is 24.0 Å². The molecule has 0 bridgehead atoms. The summed E-state index contributed by atoms with van der Waals surface area (Å²) in [5, 5.41) is 0. The molecular formula is C14H11N5O. The Bertz CT molecular complexity index is 908. The van der Waals surface area contributed by atoms with Gasteiger partial charge in [-0.3, -0.25) is 4.40 Å². The molecule has 0 amide bonds. The highest BCUT2D eigenvalue weighted by Crippen LogP contribution is 2.26. The van der Waals surface area contributed by atoms with Crippen molar-refractivity contribution in [1.82, 2.24) is 24.3 Å². The second-order valence-corrected chi connectivity index (χ2v) is 4.41. The van der Waals surface area contributed by atoms with Crippen LogP contribution in [0.15, 0.2) is 43.1 Å². The molecule has 0 spiro atoms. The third kappa shape index (κ3) is 1.48. The maximum atomic E-state index is 5.16. The molecule has 0 aliphatic carbocycles. The topological polar surface area (TPSA) is 68.1 Å². The summed E-state index contributed by atoms with van der Waals surface area (Å²) < 4.78 is 7.17. The van der Waals surface area contributed by atoms with Crippen LogP contribution in [0.1, 0.15) is 0 Å². The fourth-order valence-electron chi connectivity index (χ4n) is 2.34. The van der Waals surface area contributed by atoms with Gasteiger partial charge in [-0.15, -0.1) is 0 Å². The molecule has 6 nitrogen and oxygen atoms in total. The molecule has 98 valence electrons. The number of methoxy groups -OCH3 is 1. The first-order chi connectivity index (χ1) is 9.86. The quantitative estimate of drug-likeness (QED) is 0.603. The number of aromatic amines is 1. The molecule has 0 aromatic carbocycles. The molecule has 4 aromatic heterocycles. The largest absolute Gasteiger partial charge is 0.481 e. The highest BCUT2D eigenvalue weighted by Gasteiger charge is 2.11. The summed E-state index contributed by atoms with van der Waals surface area (Å²) in [7, 11) is 1.60. The normalized spacial score (nSPS) is 11.2. The van der Waals surface area contributed by atoms with Crippen LogP contribution in [0.3, 0.4) is 0 Å². The van der Waals surface area contributed by atoms with Crippen LogP contribution < -0.4 is 4.74 Å². The standard InChI is InChI=1S/C14H11N5O/c1-20-12-6-9(2-4-15-12)13-11-7-17-14-10(3-5-16-14)19(11)8-18-13/h2-8,16H,1H3. The van der Waals surface area contributed by atoms with Crippen LogP contribution in [0.4, 0.5) is 0 Å². The summed E-state index contributed by atoms with van der Waals surface area (Å²) in [5.74, 6) is 0.569. The zero-order valence-electron chi connectivity index (χ0n) is 10.7. The minimum absolute atomic E-state index is 0.569. The van der Waals surface area contributed by atoms with Gasteiger partial charge >= 0.3 is 0 Å². The zero-order valence-corrected chi connectivity index (χ0v) is 10.7. The number of aromatic nitrogens is 5. The van der Waals surface area contributed by atoms with E-state index in [2.05, 4.69) is 19.9 Å². The van der Waals surface area contributed by atoms with E-state index in [1.807, 2.05) is 35.0 Å². The van der Waals surface area contributed by atoms with E-state index in [-0.39, 0.29) is 0 Å². The minimum atomic E-state index is 0.569. The maximum Gasteiger partial charge on any atom is 0.213 e. The van der Waals surface area contributed by atoms with Crippen LogP contribution in [0.5, 0.6) is 5.88 Å². The first kappa shape index (κ1) is 11.0. The third-order valence-corrected chi connectivity index (χ3v) is 3.30. The van der Waals surface area contributed by atoms with E-state index >= 15 is 0 Å². The summed E-state index contributed by atoms with van der Waals surface area (Å²) in [6, 6.07) is 5.75. The monoisotopic (exact) mass is 265 g/mol. The average Bonchev–Trinajstić information content (AvgIpc) is 3.12. The smallest absolute Gasteiger partial charge is 0.213 e. The van der Waals surface area contributed by atoms with Crippen molar-refractivity contribution in [2.45, 2.75) is 0 Å². The van der Waals surface area contributed by atoms with Crippen molar-refractivity contribution < 1.29 is 4.74 Å². The molecule has 1 N–H and O–H groups in total. The molecular weight excluding hydrogens is 254 g/mol. The summed E-state index contributed by atoms with van der Waals surface area (Å²) >= 11 is 0. The van der Waals surface area contributed by atoms with Crippen LogP contribution in [0.25, 0.3) is 27.9 Å². The van der Waals surface area contributed by atoms with Crippen molar-refractivity contribution in [3.63, 3.8) is 0 Å².